The second kappa shape index (κ2) is 5.65. The van der Waals surface area contributed by atoms with Gasteiger partial charge in [0.05, 0.1) is 0 Å². The van der Waals surface area contributed by atoms with Crippen molar-refractivity contribution in [3.63, 3.8) is 0 Å². The Morgan fingerprint density at radius 3 is 2.94 bits per heavy atom. The van der Waals surface area contributed by atoms with E-state index in [0.29, 0.717) is 0 Å². The molecule has 0 radical (unpaired) electrons. The number of pyridine rings is 1. The van der Waals surface area contributed by atoms with E-state index in [1.165, 1.54) is 10.4 Å². The predicted molar refractivity (Wildman–Crippen MR) is 78.0 cm³/mol. The molecule has 0 fully saturated rings. The fraction of sp³-hybridized carbons (Fsp3) is 0.308. The normalized spacial score (nSPS) is 10.5. The van der Waals surface area contributed by atoms with Crippen molar-refractivity contribution >= 4 is 33.1 Å². The second-order valence-electron chi connectivity index (χ2n) is 4.04. The Balaban J connectivity index is 2.01. The van der Waals surface area contributed by atoms with Gasteiger partial charge in [0.2, 0.25) is 0 Å². The number of thiophene rings is 1. The molecular weight excluding hydrogens is 296 g/mol. The molecule has 0 atom stereocenters. The van der Waals surface area contributed by atoms with Gasteiger partial charge in [0.15, 0.2) is 0 Å². The summed E-state index contributed by atoms with van der Waals surface area (Å²) < 4.78 is 1.03. The third-order valence-corrected chi connectivity index (χ3v) is 4.02. The van der Waals surface area contributed by atoms with Crippen LogP contribution in [0.2, 0.25) is 0 Å². The van der Waals surface area contributed by atoms with Crippen LogP contribution < -0.4 is 4.90 Å². The van der Waals surface area contributed by atoms with Gasteiger partial charge in [-0.2, -0.15) is 0 Å². The van der Waals surface area contributed by atoms with Crippen molar-refractivity contribution in [2.24, 2.45) is 0 Å². The average molecular weight is 311 g/mol. The molecule has 0 saturated heterocycles. The molecule has 2 rings (SSSR count). The highest BCUT2D eigenvalue weighted by Crippen LogP contribution is 2.20. The molecule has 0 saturated carbocycles. The largest absolute Gasteiger partial charge is 0.359 e. The molecule has 0 aliphatic carbocycles. The van der Waals surface area contributed by atoms with Gasteiger partial charge in [-0.05, 0) is 52.4 Å². The molecule has 0 aliphatic rings. The van der Waals surface area contributed by atoms with Crippen molar-refractivity contribution in [1.29, 1.82) is 0 Å². The number of rotatable bonds is 4. The first-order valence-corrected chi connectivity index (χ1v) is 7.20. The summed E-state index contributed by atoms with van der Waals surface area (Å²) in [4.78, 5) is 8.09. The van der Waals surface area contributed by atoms with Crippen molar-refractivity contribution in [2.45, 2.75) is 13.3 Å². The Bertz CT molecular complexity index is 482. The van der Waals surface area contributed by atoms with Crippen LogP contribution in [0.5, 0.6) is 0 Å². The molecule has 0 unspecified atom stereocenters. The lowest BCUT2D eigenvalue weighted by atomic mass is 10.2. The highest BCUT2D eigenvalue weighted by Gasteiger charge is 2.06. The number of nitrogens with zero attached hydrogens (tertiary/aromatic N) is 2. The summed E-state index contributed by atoms with van der Waals surface area (Å²) in [5.74, 6) is 1.06. The van der Waals surface area contributed by atoms with Crippen LogP contribution in [0.4, 0.5) is 5.82 Å². The minimum Gasteiger partial charge on any atom is -0.359 e. The molecule has 0 spiro atoms. The molecule has 0 N–H and O–H groups in total. The van der Waals surface area contributed by atoms with E-state index in [2.05, 4.69) is 63.4 Å². The first-order valence-electron chi connectivity index (χ1n) is 5.52. The highest BCUT2D eigenvalue weighted by molar-refractivity contribution is 9.10. The summed E-state index contributed by atoms with van der Waals surface area (Å²) in [6, 6.07) is 6.38. The van der Waals surface area contributed by atoms with E-state index in [4.69, 9.17) is 0 Å². The molecule has 2 aromatic heterocycles. The maximum absolute atomic E-state index is 4.46. The van der Waals surface area contributed by atoms with Crippen LogP contribution in [0.25, 0.3) is 0 Å². The third-order valence-electron chi connectivity index (χ3n) is 2.65. The number of halogens is 1. The summed E-state index contributed by atoms with van der Waals surface area (Å²) in [7, 11) is 2.09. The average Bonchev–Trinajstić information content (AvgIpc) is 2.78. The standard InChI is InChI=1S/C13H15BrN2S/c1-10-8-11(14)9-15-13(10)16(2)6-5-12-4-3-7-17-12/h3-4,7-9H,5-6H2,1-2H3. The lowest BCUT2D eigenvalue weighted by molar-refractivity contribution is 0.863. The first kappa shape index (κ1) is 12.6. The summed E-state index contributed by atoms with van der Waals surface area (Å²) in [6.45, 7) is 3.09. The minimum atomic E-state index is 0.996. The van der Waals surface area contributed by atoms with Crippen LogP contribution in [0.1, 0.15) is 10.4 Å². The maximum Gasteiger partial charge on any atom is 0.131 e. The van der Waals surface area contributed by atoms with E-state index in [1.807, 2.05) is 17.5 Å². The van der Waals surface area contributed by atoms with E-state index in [1.54, 1.807) is 0 Å². The van der Waals surface area contributed by atoms with Crippen molar-refractivity contribution in [3.05, 3.63) is 44.7 Å². The maximum atomic E-state index is 4.46. The van der Waals surface area contributed by atoms with Crippen molar-refractivity contribution in [3.8, 4) is 0 Å². The minimum absolute atomic E-state index is 0.996. The Morgan fingerprint density at radius 2 is 2.29 bits per heavy atom. The number of hydrogen-bond acceptors (Lipinski definition) is 3. The second-order valence-corrected chi connectivity index (χ2v) is 5.99. The fourth-order valence-corrected chi connectivity index (χ4v) is 2.92. The van der Waals surface area contributed by atoms with Gasteiger partial charge in [0.25, 0.3) is 0 Å². The van der Waals surface area contributed by atoms with Crippen molar-refractivity contribution < 1.29 is 0 Å². The Kier molecular flexibility index (Phi) is 4.18. The van der Waals surface area contributed by atoms with Gasteiger partial charge in [0.1, 0.15) is 5.82 Å². The molecule has 0 aromatic carbocycles. The zero-order chi connectivity index (χ0) is 12.3. The van der Waals surface area contributed by atoms with Crippen LogP contribution in [-0.2, 0) is 6.42 Å². The Morgan fingerprint density at radius 1 is 1.47 bits per heavy atom. The zero-order valence-corrected chi connectivity index (χ0v) is 12.4. The van der Waals surface area contributed by atoms with Crippen molar-refractivity contribution in [1.82, 2.24) is 4.98 Å². The van der Waals surface area contributed by atoms with Crippen LogP contribution in [0.3, 0.4) is 0 Å². The Labute approximate surface area is 114 Å². The molecule has 2 aromatic rings. The lowest BCUT2D eigenvalue weighted by Gasteiger charge is -2.19. The summed E-state index contributed by atoms with van der Waals surface area (Å²) >= 11 is 5.25. The summed E-state index contributed by atoms with van der Waals surface area (Å²) in [5.41, 5.74) is 1.20. The number of aromatic nitrogens is 1. The third kappa shape index (κ3) is 3.30. The number of likely N-dealkylation sites (N-methyl/N-ethyl adjacent to an activating group) is 1. The van der Waals surface area contributed by atoms with Gasteiger partial charge in [-0.25, -0.2) is 4.98 Å². The molecule has 4 heteroatoms. The molecule has 17 heavy (non-hydrogen) atoms. The van der Waals surface area contributed by atoms with E-state index < -0.39 is 0 Å². The molecule has 90 valence electrons. The van der Waals surface area contributed by atoms with E-state index in [0.717, 1.165) is 23.3 Å². The number of aryl methyl sites for hydroxylation is 1. The van der Waals surface area contributed by atoms with E-state index >= 15 is 0 Å². The van der Waals surface area contributed by atoms with Crippen LogP contribution in [-0.4, -0.2) is 18.6 Å². The number of hydrogen-bond donors (Lipinski definition) is 0. The SMILES string of the molecule is Cc1cc(Br)cnc1N(C)CCc1cccs1. The molecule has 2 nitrogen and oxygen atoms in total. The molecule has 0 bridgehead atoms. The predicted octanol–water partition coefficient (Wildman–Crippen LogP) is 3.89. The quantitative estimate of drug-likeness (QED) is 0.851. The van der Waals surface area contributed by atoms with Crippen molar-refractivity contribution in [2.75, 3.05) is 18.5 Å². The van der Waals surface area contributed by atoms with Gasteiger partial charge in [0, 0.05) is 29.1 Å². The molecular formula is C13H15BrN2S. The summed E-state index contributed by atoms with van der Waals surface area (Å²) in [6.07, 6.45) is 2.93. The summed E-state index contributed by atoms with van der Waals surface area (Å²) in [5, 5.41) is 2.12. The van der Waals surface area contributed by atoms with Crippen LogP contribution in [0, 0.1) is 6.92 Å². The van der Waals surface area contributed by atoms with Gasteiger partial charge in [-0.1, -0.05) is 6.07 Å². The first-order chi connectivity index (χ1) is 8.16. The Hall–Kier alpha value is -0.870. The van der Waals surface area contributed by atoms with Gasteiger partial charge in [-0.15, -0.1) is 11.3 Å². The van der Waals surface area contributed by atoms with Gasteiger partial charge in [-0.3, -0.25) is 0 Å². The number of anilines is 1. The zero-order valence-electron chi connectivity index (χ0n) is 9.98. The topological polar surface area (TPSA) is 16.1 Å². The van der Waals surface area contributed by atoms with Gasteiger partial charge < -0.3 is 4.90 Å². The van der Waals surface area contributed by atoms with Crippen LogP contribution in [0.15, 0.2) is 34.2 Å². The van der Waals surface area contributed by atoms with Crippen LogP contribution >= 0.6 is 27.3 Å². The monoisotopic (exact) mass is 310 g/mol. The smallest absolute Gasteiger partial charge is 0.131 e. The highest BCUT2D eigenvalue weighted by atomic mass is 79.9. The van der Waals surface area contributed by atoms with Gasteiger partial charge >= 0.3 is 0 Å². The molecule has 2 heterocycles. The van der Waals surface area contributed by atoms with E-state index in [-0.39, 0.29) is 0 Å². The lowest BCUT2D eigenvalue weighted by Crippen LogP contribution is -2.22. The molecule has 0 aliphatic heterocycles. The molecule has 0 amide bonds. The van der Waals surface area contributed by atoms with E-state index in [9.17, 15) is 0 Å². The fourth-order valence-electron chi connectivity index (χ4n) is 1.77.